The minimum absolute atomic E-state index is 0.0770. The first kappa shape index (κ1) is 23.7. The van der Waals surface area contributed by atoms with Gasteiger partial charge in [0.05, 0.1) is 12.6 Å². The Morgan fingerprint density at radius 1 is 0.903 bits per heavy atom. The zero-order valence-corrected chi connectivity index (χ0v) is 17.8. The molecule has 0 aliphatic rings. The number of allylic oxidation sites excluding steroid dienone is 3. The smallest absolute Gasteiger partial charge is 0.211 e. The molecule has 0 bridgehead atoms. The fourth-order valence-corrected chi connectivity index (χ4v) is 4.28. The highest BCUT2D eigenvalue weighted by Crippen LogP contribution is 2.43. The van der Waals surface area contributed by atoms with Gasteiger partial charge < -0.3 is 0 Å². The second kappa shape index (κ2) is 12.2. The molecule has 0 amide bonds. The van der Waals surface area contributed by atoms with E-state index in [1.807, 2.05) is 42.5 Å². The Bertz CT molecular complexity index is 999. The van der Waals surface area contributed by atoms with Crippen LogP contribution in [0, 0.1) is 0 Å². The maximum absolute atomic E-state index is 11.1. The van der Waals surface area contributed by atoms with E-state index in [9.17, 15) is 9.59 Å². The molecule has 158 valence electrons. The van der Waals surface area contributed by atoms with E-state index in [0.717, 1.165) is 17.5 Å². The van der Waals surface area contributed by atoms with Crippen LogP contribution in [0.2, 0.25) is 0 Å². The minimum Gasteiger partial charge on any atom is -0.211 e. The van der Waals surface area contributed by atoms with E-state index in [1.165, 1.54) is 11.1 Å². The lowest BCUT2D eigenvalue weighted by Gasteiger charge is -2.38. The molecule has 2 atom stereocenters. The van der Waals surface area contributed by atoms with Crippen LogP contribution in [-0.4, -0.2) is 24.7 Å². The van der Waals surface area contributed by atoms with Crippen LogP contribution in [-0.2, 0) is 27.8 Å². The second-order valence-electron chi connectivity index (χ2n) is 7.38. The van der Waals surface area contributed by atoms with E-state index >= 15 is 0 Å². The Labute approximate surface area is 184 Å². The Balaban J connectivity index is 2.83. The molecule has 0 aliphatic heterocycles. The highest BCUT2D eigenvalue weighted by atomic mass is 16.1. The van der Waals surface area contributed by atoms with E-state index in [0.29, 0.717) is 19.3 Å². The number of nitrogens with zero attached hydrogens (tertiary/aromatic N) is 2. The highest BCUT2D eigenvalue weighted by Gasteiger charge is 2.37. The van der Waals surface area contributed by atoms with Crippen molar-refractivity contribution in [1.29, 1.82) is 0 Å². The predicted molar refractivity (Wildman–Crippen MR) is 126 cm³/mol. The van der Waals surface area contributed by atoms with Crippen LogP contribution >= 0.6 is 0 Å². The number of hydrogen-bond donors (Lipinski definition) is 0. The van der Waals surface area contributed by atoms with Crippen LogP contribution in [0.3, 0.4) is 0 Å². The van der Waals surface area contributed by atoms with E-state index in [1.54, 1.807) is 12.2 Å². The van der Waals surface area contributed by atoms with Crippen molar-refractivity contribution in [2.75, 3.05) is 6.54 Å². The quantitative estimate of drug-likeness (QED) is 0.250. The summed E-state index contributed by atoms with van der Waals surface area (Å²) in [4.78, 5) is 29.5. The molecular formula is C27H28N2O2. The van der Waals surface area contributed by atoms with Crippen molar-refractivity contribution in [1.82, 2.24) is 0 Å². The molecular weight excluding hydrogens is 384 g/mol. The monoisotopic (exact) mass is 412 g/mol. The summed E-state index contributed by atoms with van der Waals surface area (Å²) in [5.41, 5.74) is 4.03. The molecule has 0 fully saturated rings. The summed E-state index contributed by atoms with van der Waals surface area (Å²) in [6.07, 6.45) is 11.4. The lowest BCUT2D eigenvalue weighted by Crippen LogP contribution is -2.34. The zero-order valence-electron chi connectivity index (χ0n) is 17.8. The van der Waals surface area contributed by atoms with Gasteiger partial charge in [0, 0.05) is 5.41 Å². The molecule has 2 aromatic rings. The average Bonchev–Trinajstić information content (AvgIpc) is 2.79. The van der Waals surface area contributed by atoms with Crippen LogP contribution in [0.25, 0.3) is 0 Å². The van der Waals surface area contributed by atoms with Gasteiger partial charge in [0.1, 0.15) is 0 Å². The van der Waals surface area contributed by atoms with Crippen molar-refractivity contribution >= 4 is 12.2 Å². The standard InChI is InChI=1S/C27H28N2O2/c1-4-11-22-13-10-16-26(25(22)12-5-2)27(17-6-3,23-14-8-7-9-15-23)18-24(29-21-31)19-28-20-30/h4-10,13-16,24H,1-3,11-12,17-19H2. The van der Waals surface area contributed by atoms with Gasteiger partial charge >= 0.3 is 0 Å². The third-order valence-electron chi connectivity index (χ3n) is 5.51. The maximum atomic E-state index is 11.1. The van der Waals surface area contributed by atoms with Gasteiger partial charge in [-0.05, 0) is 47.9 Å². The Hall–Kier alpha value is -3.58. The number of carbonyl (C=O) groups excluding carboxylic acids is 2. The fraction of sp³-hybridized carbons (Fsp3) is 0.259. The Morgan fingerprint density at radius 2 is 1.65 bits per heavy atom. The maximum Gasteiger partial charge on any atom is 0.235 e. The van der Waals surface area contributed by atoms with Gasteiger partial charge in [-0.1, -0.05) is 66.8 Å². The molecule has 0 saturated heterocycles. The van der Waals surface area contributed by atoms with Crippen molar-refractivity contribution < 1.29 is 9.59 Å². The molecule has 2 unspecified atom stereocenters. The first-order valence-corrected chi connectivity index (χ1v) is 10.3. The molecule has 2 rings (SSSR count). The SMILES string of the molecule is C=CCc1cccc(C(CC=C)(CC(CN=C=O)N=C=O)c2ccccc2)c1CC=C. The lowest BCUT2D eigenvalue weighted by atomic mass is 9.66. The molecule has 31 heavy (non-hydrogen) atoms. The van der Waals surface area contributed by atoms with Crippen molar-refractivity contribution in [2.45, 2.75) is 37.1 Å². The molecule has 4 nitrogen and oxygen atoms in total. The predicted octanol–water partition coefficient (Wildman–Crippen LogP) is 5.44. The highest BCUT2D eigenvalue weighted by molar-refractivity contribution is 5.49. The van der Waals surface area contributed by atoms with Crippen molar-refractivity contribution in [3.63, 3.8) is 0 Å². The number of rotatable bonds is 13. The summed E-state index contributed by atoms with van der Waals surface area (Å²) in [5.74, 6) is 0. The summed E-state index contributed by atoms with van der Waals surface area (Å²) in [6, 6.07) is 15.9. The molecule has 2 aromatic carbocycles. The summed E-state index contributed by atoms with van der Waals surface area (Å²) >= 11 is 0. The van der Waals surface area contributed by atoms with Gasteiger partial charge in [-0.2, -0.15) is 0 Å². The summed E-state index contributed by atoms with van der Waals surface area (Å²) < 4.78 is 0. The second-order valence-corrected chi connectivity index (χ2v) is 7.38. The first-order chi connectivity index (χ1) is 15.2. The van der Waals surface area contributed by atoms with Gasteiger partial charge in [0.15, 0.2) is 0 Å². The number of aliphatic imine (C=N–C) groups is 2. The number of isocyanates is 2. The lowest BCUT2D eigenvalue weighted by molar-refractivity contribution is 0.422. The van der Waals surface area contributed by atoms with Crippen LogP contribution in [0.1, 0.15) is 35.1 Å². The van der Waals surface area contributed by atoms with Gasteiger partial charge in [0.2, 0.25) is 12.2 Å². The summed E-state index contributed by atoms with van der Waals surface area (Å²) in [5, 5.41) is 0. The largest absolute Gasteiger partial charge is 0.235 e. The normalized spacial score (nSPS) is 13.0. The molecule has 0 radical (unpaired) electrons. The van der Waals surface area contributed by atoms with E-state index in [4.69, 9.17) is 0 Å². The summed E-state index contributed by atoms with van der Waals surface area (Å²) in [6.45, 7) is 12.0. The number of hydrogen-bond acceptors (Lipinski definition) is 4. The van der Waals surface area contributed by atoms with Gasteiger partial charge in [-0.25, -0.2) is 19.6 Å². The topological polar surface area (TPSA) is 58.9 Å². The zero-order chi connectivity index (χ0) is 22.5. The van der Waals surface area contributed by atoms with Crippen LogP contribution in [0.5, 0.6) is 0 Å². The van der Waals surface area contributed by atoms with Crippen LogP contribution < -0.4 is 0 Å². The van der Waals surface area contributed by atoms with Crippen molar-refractivity contribution in [3.8, 4) is 0 Å². The van der Waals surface area contributed by atoms with Crippen molar-refractivity contribution in [3.05, 3.63) is 109 Å². The van der Waals surface area contributed by atoms with Gasteiger partial charge in [-0.3, -0.25) is 0 Å². The van der Waals surface area contributed by atoms with E-state index < -0.39 is 11.5 Å². The van der Waals surface area contributed by atoms with E-state index in [-0.39, 0.29) is 6.54 Å². The molecule has 0 saturated carbocycles. The van der Waals surface area contributed by atoms with Crippen LogP contribution in [0.15, 0.2) is 96.5 Å². The Morgan fingerprint density at radius 3 is 2.26 bits per heavy atom. The first-order valence-electron chi connectivity index (χ1n) is 10.3. The fourth-order valence-electron chi connectivity index (χ4n) is 4.28. The molecule has 0 aromatic heterocycles. The molecule has 0 aliphatic carbocycles. The number of benzene rings is 2. The molecule has 0 heterocycles. The molecule has 4 heteroatoms. The third kappa shape index (κ3) is 5.73. The third-order valence-corrected chi connectivity index (χ3v) is 5.51. The Kier molecular flexibility index (Phi) is 9.32. The van der Waals surface area contributed by atoms with E-state index in [2.05, 4.69) is 54.0 Å². The van der Waals surface area contributed by atoms with Gasteiger partial charge in [-0.15, -0.1) is 19.7 Å². The van der Waals surface area contributed by atoms with Crippen molar-refractivity contribution in [2.24, 2.45) is 9.98 Å². The summed E-state index contributed by atoms with van der Waals surface area (Å²) in [7, 11) is 0. The minimum atomic E-state index is -0.526. The van der Waals surface area contributed by atoms with Gasteiger partial charge in [0.25, 0.3) is 0 Å². The van der Waals surface area contributed by atoms with Crippen LogP contribution in [0.4, 0.5) is 0 Å². The average molecular weight is 413 g/mol. The molecule has 0 N–H and O–H groups in total. The molecule has 0 spiro atoms.